The fourth-order valence-electron chi connectivity index (χ4n) is 1.92. The predicted octanol–water partition coefficient (Wildman–Crippen LogP) is 3.53. The molecule has 0 atom stereocenters. The van der Waals surface area contributed by atoms with E-state index in [2.05, 4.69) is 31.0 Å². The summed E-state index contributed by atoms with van der Waals surface area (Å²) in [5.74, 6) is 0.174. The zero-order valence-corrected chi connectivity index (χ0v) is 16.2. The van der Waals surface area contributed by atoms with Crippen molar-refractivity contribution in [3.8, 4) is 0 Å². The monoisotopic (exact) mass is 408 g/mol. The van der Waals surface area contributed by atoms with Crippen LogP contribution >= 0.6 is 23.1 Å². The van der Waals surface area contributed by atoms with Crippen LogP contribution in [0.5, 0.6) is 0 Å². The van der Waals surface area contributed by atoms with Crippen LogP contribution < -0.4 is 10.6 Å². The number of amides is 1. The van der Waals surface area contributed by atoms with Gasteiger partial charge >= 0.3 is 6.01 Å². The molecule has 0 radical (unpaired) electrons. The van der Waals surface area contributed by atoms with Crippen molar-refractivity contribution in [3.63, 3.8) is 0 Å². The molecule has 11 heteroatoms. The van der Waals surface area contributed by atoms with Crippen LogP contribution in [0.4, 0.5) is 15.5 Å². The normalized spacial score (nSPS) is 11.0. The van der Waals surface area contributed by atoms with E-state index >= 15 is 0 Å². The highest BCUT2D eigenvalue weighted by Crippen LogP contribution is 2.26. The molecule has 1 aromatic carbocycles. The van der Waals surface area contributed by atoms with Crippen molar-refractivity contribution < 1.29 is 13.6 Å². The molecule has 2 aromatic heterocycles. The Kier molecular flexibility index (Phi) is 6.35. The summed E-state index contributed by atoms with van der Waals surface area (Å²) in [5.41, 5.74) is 0.931. The van der Waals surface area contributed by atoms with E-state index in [-0.39, 0.29) is 29.4 Å². The van der Waals surface area contributed by atoms with Gasteiger partial charge in [-0.1, -0.05) is 54.2 Å². The average molecular weight is 408 g/mol. The largest absolute Gasteiger partial charge is 0.408 e. The molecule has 3 rings (SSSR count). The summed E-state index contributed by atoms with van der Waals surface area (Å²) in [4.78, 5) is 12.0. The standard InChI is InChI=1S/C16H17FN6O2S2/c1-9(2)13-20-21-14(25-13)19-12(24)8-26-16-23-22-15(27-16)18-7-10-3-5-11(17)6-4-10/h3-6,9H,7-8H2,1-2H3,(H,18,22)(H,19,21,24). The third kappa shape index (κ3) is 5.73. The molecule has 1 amide bonds. The number of anilines is 2. The highest BCUT2D eigenvalue weighted by Gasteiger charge is 2.13. The second-order valence-corrected chi connectivity index (χ2v) is 7.99. The lowest BCUT2D eigenvalue weighted by molar-refractivity contribution is -0.113. The summed E-state index contributed by atoms with van der Waals surface area (Å²) in [6.07, 6.45) is 0. The number of benzene rings is 1. The van der Waals surface area contributed by atoms with Gasteiger partial charge in [-0.3, -0.25) is 10.1 Å². The Bertz CT molecular complexity index is 896. The lowest BCUT2D eigenvalue weighted by Crippen LogP contribution is -2.14. The van der Waals surface area contributed by atoms with Crippen LogP contribution in [0.2, 0.25) is 0 Å². The minimum atomic E-state index is -0.271. The Labute approximate surface area is 163 Å². The molecule has 2 heterocycles. The Hall–Kier alpha value is -2.53. The Morgan fingerprint density at radius 3 is 2.70 bits per heavy atom. The summed E-state index contributed by atoms with van der Waals surface area (Å²) in [5, 5.41) is 22.0. The highest BCUT2D eigenvalue weighted by molar-refractivity contribution is 8.01. The number of aromatic nitrogens is 4. The fourth-order valence-corrected chi connectivity index (χ4v) is 3.47. The molecular formula is C16H17FN6O2S2. The van der Waals surface area contributed by atoms with Gasteiger partial charge in [-0.05, 0) is 17.7 Å². The summed E-state index contributed by atoms with van der Waals surface area (Å²) in [6, 6.07) is 6.30. The number of rotatable bonds is 8. The predicted molar refractivity (Wildman–Crippen MR) is 101 cm³/mol. The van der Waals surface area contributed by atoms with Crippen LogP contribution in [0, 0.1) is 5.82 Å². The average Bonchev–Trinajstić information content (AvgIpc) is 3.29. The molecule has 142 valence electrons. The smallest absolute Gasteiger partial charge is 0.322 e. The second-order valence-electron chi connectivity index (χ2n) is 5.79. The number of nitrogens with one attached hydrogen (secondary N) is 2. The van der Waals surface area contributed by atoms with Crippen LogP contribution in [0.1, 0.15) is 31.2 Å². The number of hydrogen-bond donors (Lipinski definition) is 2. The number of halogens is 1. The van der Waals surface area contributed by atoms with Crippen molar-refractivity contribution in [1.29, 1.82) is 0 Å². The minimum Gasteiger partial charge on any atom is -0.408 e. The fraction of sp³-hybridized carbons (Fsp3) is 0.312. The minimum absolute atomic E-state index is 0.0863. The maximum Gasteiger partial charge on any atom is 0.322 e. The Balaban J connectivity index is 1.44. The summed E-state index contributed by atoms with van der Waals surface area (Å²) in [6.45, 7) is 4.35. The van der Waals surface area contributed by atoms with Gasteiger partial charge in [0.05, 0.1) is 5.75 Å². The molecule has 0 bridgehead atoms. The maximum atomic E-state index is 12.9. The maximum absolute atomic E-state index is 12.9. The van der Waals surface area contributed by atoms with E-state index < -0.39 is 0 Å². The summed E-state index contributed by atoms with van der Waals surface area (Å²) >= 11 is 2.59. The molecule has 27 heavy (non-hydrogen) atoms. The van der Waals surface area contributed by atoms with E-state index in [1.165, 1.54) is 35.2 Å². The highest BCUT2D eigenvalue weighted by atomic mass is 32.2. The van der Waals surface area contributed by atoms with Crippen molar-refractivity contribution in [2.24, 2.45) is 0 Å². The molecule has 3 aromatic rings. The molecule has 0 unspecified atom stereocenters. The van der Waals surface area contributed by atoms with Crippen LogP contribution in [-0.4, -0.2) is 32.1 Å². The van der Waals surface area contributed by atoms with Crippen molar-refractivity contribution in [2.75, 3.05) is 16.4 Å². The van der Waals surface area contributed by atoms with Gasteiger partial charge in [0, 0.05) is 12.5 Å². The van der Waals surface area contributed by atoms with Crippen LogP contribution in [0.25, 0.3) is 0 Å². The molecule has 8 nitrogen and oxygen atoms in total. The number of nitrogens with zero attached hydrogens (tertiary/aromatic N) is 4. The lowest BCUT2D eigenvalue weighted by atomic mass is 10.2. The van der Waals surface area contributed by atoms with Gasteiger partial charge in [0.1, 0.15) is 5.82 Å². The summed E-state index contributed by atoms with van der Waals surface area (Å²) in [7, 11) is 0. The van der Waals surface area contributed by atoms with Gasteiger partial charge in [0.25, 0.3) is 0 Å². The zero-order chi connectivity index (χ0) is 19.2. The SMILES string of the molecule is CC(C)c1nnc(NC(=O)CSc2nnc(NCc3ccc(F)cc3)s2)o1. The van der Waals surface area contributed by atoms with Crippen molar-refractivity contribution in [2.45, 2.75) is 30.6 Å². The summed E-state index contributed by atoms with van der Waals surface area (Å²) < 4.78 is 18.9. The Morgan fingerprint density at radius 2 is 2.00 bits per heavy atom. The van der Waals surface area contributed by atoms with Crippen LogP contribution in [0.3, 0.4) is 0 Å². The molecule has 0 aliphatic carbocycles. The third-order valence-electron chi connectivity index (χ3n) is 3.27. The topological polar surface area (TPSA) is 106 Å². The number of carbonyl (C=O) groups excluding carboxylic acids is 1. The zero-order valence-electron chi connectivity index (χ0n) is 14.6. The lowest BCUT2D eigenvalue weighted by Gasteiger charge is -2.01. The van der Waals surface area contributed by atoms with Crippen molar-refractivity contribution in [1.82, 2.24) is 20.4 Å². The van der Waals surface area contributed by atoms with Gasteiger partial charge in [-0.2, -0.15) is 0 Å². The van der Waals surface area contributed by atoms with E-state index in [4.69, 9.17) is 4.42 Å². The first-order valence-corrected chi connectivity index (χ1v) is 9.87. The number of hydrogen-bond acceptors (Lipinski definition) is 9. The molecule has 0 aliphatic heterocycles. The molecule has 0 aliphatic rings. The van der Waals surface area contributed by atoms with Gasteiger partial charge in [-0.15, -0.1) is 15.3 Å². The third-order valence-corrected chi connectivity index (χ3v) is 5.29. The number of carbonyl (C=O) groups is 1. The van der Waals surface area contributed by atoms with E-state index in [1.54, 1.807) is 12.1 Å². The van der Waals surface area contributed by atoms with Gasteiger partial charge in [0.2, 0.25) is 16.9 Å². The molecule has 0 saturated carbocycles. The molecular weight excluding hydrogens is 391 g/mol. The molecule has 0 fully saturated rings. The van der Waals surface area contributed by atoms with E-state index in [9.17, 15) is 9.18 Å². The number of thioether (sulfide) groups is 1. The molecule has 0 saturated heterocycles. The van der Waals surface area contributed by atoms with Gasteiger partial charge in [-0.25, -0.2) is 4.39 Å². The van der Waals surface area contributed by atoms with Crippen molar-refractivity contribution in [3.05, 3.63) is 41.5 Å². The van der Waals surface area contributed by atoms with E-state index in [0.717, 1.165) is 5.56 Å². The van der Waals surface area contributed by atoms with E-state index in [0.29, 0.717) is 21.9 Å². The van der Waals surface area contributed by atoms with Crippen LogP contribution in [-0.2, 0) is 11.3 Å². The van der Waals surface area contributed by atoms with Crippen molar-refractivity contribution >= 4 is 40.2 Å². The van der Waals surface area contributed by atoms with E-state index in [1.807, 2.05) is 13.8 Å². The first kappa shape index (κ1) is 19.2. The first-order chi connectivity index (χ1) is 13.0. The first-order valence-electron chi connectivity index (χ1n) is 8.07. The van der Waals surface area contributed by atoms with Gasteiger partial charge < -0.3 is 9.73 Å². The van der Waals surface area contributed by atoms with Gasteiger partial charge in [0.15, 0.2) is 4.34 Å². The molecule has 0 spiro atoms. The Morgan fingerprint density at radius 1 is 1.22 bits per heavy atom. The second kappa shape index (κ2) is 8.91. The quantitative estimate of drug-likeness (QED) is 0.545. The molecule has 2 N–H and O–H groups in total. The van der Waals surface area contributed by atoms with Crippen LogP contribution in [0.15, 0.2) is 33.0 Å².